The minimum absolute atomic E-state index is 0.0176. The number of benzene rings is 4. The first kappa shape index (κ1) is 109. The number of amides is 9. The number of carbonyl (C=O) groups is 11. The first-order chi connectivity index (χ1) is 60.3. The summed E-state index contributed by atoms with van der Waals surface area (Å²) in [6, 6.07) is 25.8. The summed E-state index contributed by atoms with van der Waals surface area (Å²) in [7, 11) is -2.00. The Labute approximate surface area is 738 Å². The number of carboxylic acid groups (broad SMARTS) is 1. The van der Waals surface area contributed by atoms with Crippen molar-refractivity contribution in [2.24, 2.45) is 21.6 Å². The van der Waals surface area contributed by atoms with E-state index in [1.807, 2.05) is 0 Å². The Kier molecular flexibility index (Phi) is 48.5. The summed E-state index contributed by atoms with van der Waals surface area (Å²) in [6.07, 6.45) is -19.4. The van der Waals surface area contributed by atoms with Crippen molar-refractivity contribution in [3.63, 3.8) is 0 Å². The molecule has 32 N–H and O–H groups in total. The standard InChI is InChI=1S/C39H54N3O18P.C34H45N12O7.C6H12NO5.Tc/c43-16-28(49)34(55)31(52)25(46)13-40-37(58)19-1-7-22(8-2-19)61(23-9-3-20(4-10-23)38(59)41-14-26(47)32(53)35(56)29(50)17-44)24-11-5-21(6-12-24)39(60)42-15-27(48)33(54)36(57)30(51)18-45;1-20(47)16-25-32(52)45-26(17-21-8-3-2-4-9-21)33(53)44-24(10-5-6-14-38-29(49)22-12-13-27(46-37)40-18-22)31(51)43-23(11-7-15-39-34(35)36)30(50)41-19-28(48)42-25;8-2-6(3-9,4-10)7-1-5(11)12;/h1-12,25-36,43-57H,13-18H2,(H,40,58)(H,41,59)(H,42,60);2-4,8-9,12-13,18,23-26H,5-7,10-11,14-17,19H2,1H3,(H,38,49)(H,41,50)(H,42,48)(H,43,51)(H,44,53)(H,45,52)(H4,35,36,39);8-10H,1-4H2,(H,11,12);/q;2*-1;+2/p+1/t;23-,24-,25-,26+;;/m.0../s1. The number of aliphatic imine (C=N–C) groups is 1. The summed E-state index contributed by atoms with van der Waals surface area (Å²) < 4.78 is 3.61. The predicted molar refractivity (Wildman–Crippen MR) is 447 cm³/mol. The summed E-state index contributed by atoms with van der Waals surface area (Å²) >= 11 is 1.71. The van der Waals surface area contributed by atoms with E-state index < -0.39 is 242 Å². The van der Waals surface area contributed by atoms with Crippen LogP contribution in [0.5, 0.6) is 0 Å². The summed E-state index contributed by atoms with van der Waals surface area (Å²) in [5, 5.41) is 212. The molecule has 127 heavy (non-hydrogen) atoms. The second-order valence-electron chi connectivity index (χ2n) is 28.9. The maximum absolute atomic E-state index is 13.9. The van der Waals surface area contributed by atoms with Gasteiger partial charge >= 0.3 is 104 Å². The van der Waals surface area contributed by atoms with E-state index in [4.69, 9.17) is 47.2 Å². The molecule has 6 rings (SSSR count). The Hall–Kier alpha value is -10.5. The summed E-state index contributed by atoms with van der Waals surface area (Å²) in [5.74, 6) is -7.42. The van der Waals surface area contributed by atoms with E-state index in [2.05, 4.69) is 71.7 Å². The Balaban J connectivity index is 0.000000473. The number of unbranched alkanes of at least 4 members (excludes halogenated alkanes) is 1. The van der Waals surface area contributed by atoms with Crippen LogP contribution in [0, 0.1) is 0 Å². The molecule has 9 amide bonds. The van der Waals surface area contributed by atoms with Gasteiger partial charge in [0.1, 0.15) is 101 Å². The van der Waals surface area contributed by atoms with E-state index in [0.29, 0.717) is 45.7 Å². The molecule has 0 spiro atoms. The second kappa shape index (κ2) is 56.6. The molecule has 0 aliphatic carbocycles. The number of hydrogen-bond donors (Lipinski definition) is 30. The Morgan fingerprint density at radius 3 is 1.30 bits per heavy atom. The maximum Gasteiger partial charge on any atom is 0.282 e. The van der Waals surface area contributed by atoms with Crippen LogP contribution in [-0.4, -0.2) is 361 Å². The van der Waals surface area contributed by atoms with Crippen molar-refractivity contribution in [3.8, 4) is 0 Å². The molecule has 1 saturated heterocycles. The number of aliphatic hydroxyl groups is 18. The number of carboxylic acids is 1. The van der Waals surface area contributed by atoms with E-state index in [0.717, 1.165) is 0 Å². The molecule has 4 aromatic carbocycles. The zero-order valence-corrected chi connectivity index (χ0v) is 71.5. The van der Waals surface area contributed by atoms with E-state index in [1.165, 1.54) is 49.5 Å². The normalized spacial score (nSPS) is 18.1. The Bertz CT molecular complexity index is 4180. The van der Waals surface area contributed by atoms with Gasteiger partial charge < -0.3 is 156 Å². The van der Waals surface area contributed by atoms with Crippen molar-refractivity contribution in [1.29, 1.82) is 0 Å². The fourth-order valence-electron chi connectivity index (χ4n) is 11.7. The molecule has 12 unspecified atom stereocenters. The smallest absolute Gasteiger partial charge is 0.282 e. The average molecular weight is 1890 g/mol. The molecule has 0 saturated carbocycles. The fourth-order valence-corrected chi connectivity index (χ4v) is 14.4. The molecule has 1 aliphatic heterocycles. The zero-order chi connectivity index (χ0) is 94.6. The number of aliphatic hydroxyl groups excluding tert-OH is 18. The van der Waals surface area contributed by atoms with Gasteiger partial charge in [-0.1, -0.05) is 35.9 Å². The molecule has 699 valence electrons. The first-order valence-electron chi connectivity index (χ1n) is 39.4. The number of hydrogen-bond acceptors (Lipinski definition) is 32. The topological polar surface area (TPSA) is 798 Å². The van der Waals surface area contributed by atoms with Crippen LogP contribution >= 0.6 is 7.92 Å². The van der Waals surface area contributed by atoms with Gasteiger partial charge in [0.15, 0.2) is 5.96 Å². The van der Waals surface area contributed by atoms with Crippen molar-refractivity contribution in [2.45, 2.75) is 155 Å². The number of pyridine rings is 1. The number of carbonyl (C=O) groups excluding carboxylic acids is 10. The molecular weight excluding hydrogens is 1780 g/mol. The number of Topliss-reactive ketones (excluding diaryl/α,β-unsaturated/α-hetero) is 1. The van der Waals surface area contributed by atoms with Crippen LogP contribution in [0.1, 0.15) is 92.4 Å². The minimum Gasteiger partial charge on any atom is -0.642 e. The van der Waals surface area contributed by atoms with Crippen LogP contribution in [0.4, 0.5) is 5.82 Å². The summed E-state index contributed by atoms with van der Waals surface area (Å²) in [4.78, 5) is 149. The number of guanidine groups is 1. The number of ketones is 1. The van der Waals surface area contributed by atoms with Crippen LogP contribution in [0.3, 0.4) is 0 Å². The minimum atomic E-state index is -2.00. The van der Waals surface area contributed by atoms with Crippen molar-refractivity contribution < 1.29 is 168 Å². The van der Waals surface area contributed by atoms with Gasteiger partial charge in [0, 0.05) is 75.5 Å². The number of nitrogens with two attached hydrogens (primary N) is 2. The van der Waals surface area contributed by atoms with Gasteiger partial charge in [0.05, 0.1) is 52.6 Å². The summed E-state index contributed by atoms with van der Waals surface area (Å²) in [5.41, 5.74) is 10.8. The van der Waals surface area contributed by atoms with Gasteiger partial charge in [-0.15, -0.1) is 0 Å². The molecule has 16 atom stereocenters. The zero-order valence-electron chi connectivity index (χ0n) is 68.7. The van der Waals surface area contributed by atoms with Crippen molar-refractivity contribution >= 4 is 101 Å². The molecule has 46 nitrogen and oxygen atoms in total. The van der Waals surface area contributed by atoms with Crippen molar-refractivity contribution in [1.82, 2.24) is 56.2 Å². The number of nitrogens with zero attached hydrogens (tertiary/aromatic N) is 5. The number of nitrogens with one attached hydrogen (secondary N) is 9. The van der Waals surface area contributed by atoms with Crippen LogP contribution in [0.15, 0.2) is 132 Å². The number of rotatable bonds is 45. The van der Waals surface area contributed by atoms with Crippen LogP contribution in [0.2, 0.25) is 0 Å². The number of aliphatic carboxylic acids is 1. The molecule has 0 bridgehead atoms. The Morgan fingerprint density at radius 2 is 0.906 bits per heavy atom. The van der Waals surface area contributed by atoms with E-state index in [1.54, 1.807) is 97.6 Å². The molecule has 1 aromatic heterocycles. The van der Waals surface area contributed by atoms with Crippen molar-refractivity contribution in [2.75, 3.05) is 85.5 Å². The molecule has 2 heterocycles. The monoisotopic (exact) mass is 1890 g/mol. The van der Waals surface area contributed by atoms with E-state index in [9.17, 15) is 114 Å². The van der Waals surface area contributed by atoms with Crippen molar-refractivity contribution in [3.05, 3.63) is 155 Å². The van der Waals surface area contributed by atoms with E-state index >= 15 is 0 Å². The molecule has 0 radical (unpaired) electrons. The molecule has 1 fully saturated rings. The first-order valence-corrected chi connectivity index (χ1v) is 41.7. The summed E-state index contributed by atoms with van der Waals surface area (Å²) in [6.45, 7) is -5.38. The van der Waals surface area contributed by atoms with Gasteiger partial charge in [-0.2, -0.15) is 0 Å². The second-order valence-corrected chi connectivity index (χ2v) is 31.8. The molecule has 1 aliphatic rings. The SMILES string of the molecule is CC(=O)C[C@@H]1NC(=O)CNC(=O)[C@H](CCCN=C(N)N)NC(=O)[C@H](CCCCNC(=O)c2ccc(N=[N+]=[Tc])nc2)NC(=O)[C@@H](Cc2ccccc2)NC1=O.O=C(NCC(O)C(O)C(O)C(O)CO)c1ccc([PH+](c2ccc(C(=O)NCC(O)C(O)C(O)C(O)CO)cc2)c2ccc(C(=O)NCC(O)C(O)C(O)C(O)CO)cc2)cc1.O=C(O)C[N-]C(CO)(CO)CO. The van der Waals surface area contributed by atoms with Gasteiger partial charge in [0.25, 0.3) is 23.7 Å². The third-order valence-electron chi connectivity index (χ3n) is 19.2. The molecular formula is C79H112N16O30PTc+. The van der Waals surface area contributed by atoms with Gasteiger partial charge in [-0.3, -0.25) is 52.9 Å². The van der Waals surface area contributed by atoms with E-state index in [-0.39, 0.29) is 73.8 Å². The van der Waals surface area contributed by atoms with Crippen LogP contribution in [-0.2, 0) is 58.7 Å². The fraction of sp³-hybridized carbons (Fsp3) is 0.481. The predicted octanol–water partition coefficient (Wildman–Crippen LogP) is -12.0. The maximum atomic E-state index is 13.9. The van der Waals surface area contributed by atoms with Crippen LogP contribution in [0.25, 0.3) is 5.32 Å². The van der Waals surface area contributed by atoms with Gasteiger partial charge in [-0.25, -0.2) is 0 Å². The molecule has 5 aromatic rings. The Morgan fingerprint density at radius 1 is 0.512 bits per heavy atom. The largest absolute Gasteiger partial charge is 0.642 e. The van der Waals surface area contributed by atoms with Gasteiger partial charge in [0.2, 0.25) is 29.5 Å². The quantitative estimate of drug-likeness (QED) is 0.00430. The molecule has 48 heteroatoms. The number of aromatic nitrogens is 1. The third-order valence-corrected chi connectivity index (χ3v) is 22.1. The van der Waals surface area contributed by atoms with Crippen LogP contribution < -0.4 is 78.6 Å². The average Bonchev–Trinajstić information content (AvgIpc) is 0.808. The third kappa shape index (κ3) is 37.0. The van der Waals surface area contributed by atoms with Gasteiger partial charge in [-0.05, 0) is 105 Å².